The average Bonchev–Trinajstić information content (AvgIpc) is 2.59. The number of nitrogens with zero attached hydrogens (tertiary/aromatic N) is 2. The zero-order valence-electron chi connectivity index (χ0n) is 10.5. The van der Waals surface area contributed by atoms with E-state index >= 15 is 0 Å². The first kappa shape index (κ1) is 12.6. The number of nitrogen functional groups attached to an aromatic ring is 1. The first-order chi connectivity index (χ1) is 8.30. The third-order valence-corrected chi connectivity index (χ3v) is 4.11. The molecule has 1 aromatic carbocycles. The van der Waals surface area contributed by atoms with E-state index in [4.69, 9.17) is 5.73 Å². The van der Waals surface area contributed by atoms with Crippen molar-refractivity contribution in [1.29, 1.82) is 0 Å². The molecule has 2 rings (SSSR count). The minimum atomic E-state index is -3.32. The van der Waals surface area contributed by atoms with Crippen LogP contribution in [0.4, 0.5) is 5.69 Å². The topological polar surface area (TPSA) is 78.0 Å². The van der Waals surface area contributed by atoms with E-state index in [0.717, 1.165) is 23.1 Å². The van der Waals surface area contributed by atoms with Crippen LogP contribution in [0.5, 0.6) is 0 Å². The van der Waals surface area contributed by atoms with Gasteiger partial charge in [-0.1, -0.05) is 6.07 Å². The van der Waals surface area contributed by atoms with Gasteiger partial charge in [0.1, 0.15) is 0 Å². The highest BCUT2D eigenvalue weighted by atomic mass is 32.2. The molecule has 96 valence electrons. The van der Waals surface area contributed by atoms with Crippen molar-refractivity contribution in [3.8, 4) is 11.1 Å². The van der Waals surface area contributed by atoms with Crippen molar-refractivity contribution >= 4 is 15.5 Å². The molecule has 1 heterocycles. The molecule has 0 aliphatic heterocycles. The van der Waals surface area contributed by atoms with Crippen LogP contribution in [0.2, 0.25) is 0 Å². The fourth-order valence-corrected chi connectivity index (χ4v) is 2.64. The summed E-state index contributed by atoms with van der Waals surface area (Å²) in [5.41, 5.74) is 8.64. The van der Waals surface area contributed by atoms with E-state index in [1.807, 2.05) is 14.0 Å². The number of hydrogen-bond donors (Lipinski definition) is 1. The SMILES string of the molecule is Cc1c(-c2ccc(N)c(S(C)(=O)=O)c2)cnn1C. The first-order valence-electron chi connectivity index (χ1n) is 5.39. The minimum absolute atomic E-state index is 0.156. The normalized spacial score (nSPS) is 11.7. The Kier molecular flexibility index (Phi) is 2.90. The van der Waals surface area contributed by atoms with E-state index in [1.165, 1.54) is 0 Å². The summed E-state index contributed by atoms with van der Waals surface area (Å²) in [4.78, 5) is 0.156. The third kappa shape index (κ3) is 2.11. The van der Waals surface area contributed by atoms with E-state index in [0.29, 0.717) is 0 Å². The van der Waals surface area contributed by atoms with Gasteiger partial charge in [-0.25, -0.2) is 8.42 Å². The predicted octanol–water partition coefficient (Wildman–Crippen LogP) is 1.38. The zero-order chi connectivity index (χ0) is 13.5. The molecule has 2 aromatic rings. The van der Waals surface area contributed by atoms with Crippen molar-refractivity contribution in [1.82, 2.24) is 9.78 Å². The Balaban J connectivity index is 2.65. The van der Waals surface area contributed by atoms with Crippen molar-refractivity contribution in [2.45, 2.75) is 11.8 Å². The lowest BCUT2D eigenvalue weighted by Crippen LogP contribution is -2.02. The van der Waals surface area contributed by atoms with Gasteiger partial charge in [-0.15, -0.1) is 0 Å². The zero-order valence-corrected chi connectivity index (χ0v) is 11.3. The molecule has 0 aliphatic rings. The Bertz CT molecular complexity index is 702. The molecule has 0 bridgehead atoms. The molecule has 0 radical (unpaired) electrons. The summed E-state index contributed by atoms with van der Waals surface area (Å²) in [6.45, 7) is 1.93. The molecular formula is C12H15N3O2S. The summed E-state index contributed by atoms with van der Waals surface area (Å²) in [5, 5.41) is 4.14. The summed E-state index contributed by atoms with van der Waals surface area (Å²) < 4.78 is 25.0. The molecule has 0 spiro atoms. The largest absolute Gasteiger partial charge is 0.398 e. The van der Waals surface area contributed by atoms with E-state index in [9.17, 15) is 8.42 Å². The minimum Gasteiger partial charge on any atom is -0.398 e. The number of rotatable bonds is 2. The summed E-state index contributed by atoms with van der Waals surface area (Å²) >= 11 is 0. The number of aryl methyl sites for hydroxylation is 1. The molecule has 2 N–H and O–H groups in total. The Hall–Kier alpha value is -1.82. The van der Waals surface area contributed by atoms with Gasteiger partial charge in [0.15, 0.2) is 9.84 Å². The number of nitrogens with two attached hydrogens (primary N) is 1. The number of anilines is 1. The summed E-state index contributed by atoms with van der Waals surface area (Å²) in [5.74, 6) is 0. The number of hydrogen-bond acceptors (Lipinski definition) is 4. The maximum atomic E-state index is 11.6. The second-order valence-electron chi connectivity index (χ2n) is 4.29. The molecule has 0 saturated carbocycles. The predicted molar refractivity (Wildman–Crippen MR) is 70.9 cm³/mol. The van der Waals surface area contributed by atoms with E-state index in [-0.39, 0.29) is 10.6 Å². The standard InChI is InChI=1S/C12H15N3O2S/c1-8-10(7-14-15(8)2)9-4-5-11(13)12(6-9)18(3,16)17/h4-7H,13H2,1-3H3. The maximum absolute atomic E-state index is 11.6. The van der Waals surface area contributed by atoms with E-state index in [1.54, 1.807) is 29.1 Å². The lowest BCUT2D eigenvalue weighted by atomic mass is 10.1. The lowest BCUT2D eigenvalue weighted by molar-refractivity contribution is 0.602. The fourth-order valence-electron chi connectivity index (χ4n) is 1.81. The Morgan fingerprint density at radius 2 is 2.00 bits per heavy atom. The molecule has 0 amide bonds. The molecule has 0 aliphatic carbocycles. The van der Waals surface area contributed by atoms with Crippen molar-refractivity contribution < 1.29 is 8.42 Å². The smallest absolute Gasteiger partial charge is 0.177 e. The van der Waals surface area contributed by atoms with E-state index in [2.05, 4.69) is 5.10 Å². The van der Waals surface area contributed by atoms with Gasteiger partial charge in [0.25, 0.3) is 0 Å². The van der Waals surface area contributed by atoms with Crippen molar-refractivity contribution in [3.63, 3.8) is 0 Å². The van der Waals surface area contributed by atoms with Crippen LogP contribution in [-0.4, -0.2) is 24.5 Å². The van der Waals surface area contributed by atoms with Crippen molar-refractivity contribution in [2.75, 3.05) is 12.0 Å². The van der Waals surface area contributed by atoms with Gasteiger partial charge in [-0.05, 0) is 24.6 Å². The highest BCUT2D eigenvalue weighted by Crippen LogP contribution is 2.28. The highest BCUT2D eigenvalue weighted by molar-refractivity contribution is 7.90. The lowest BCUT2D eigenvalue weighted by Gasteiger charge is -2.07. The molecule has 5 nitrogen and oxygen atoms in total. The van der Waals surface area contributed by atoms with Crippen LogP contribution in [0.3, 0.4) is 0 Å². The Labute approximate surface area is 106 Å². The van der Waals surface area contributed by atoms with Gasteiger partial charge in [0.2, 0.25) is 0 Å². The van der Waals surface area contributed by atoms with Crippen molar-refractivity contribution in [2.24, 2.45) is 7.05 Å². The quantitative estimate of drug-likeness (QED) is 0.832. The van der Waals surface area contributed by atoms with Gasteiger partial charge < -0.3 is 5.73 Å². The summed E-state index contributed by atoms with van der Waals surface area (Å²) in [7, 11) is -1.48. The van der Waals surface area contributed by atoms with Gasteiger partial charge in [0, 0.05) is 24.6 Å². The second kappa shape index (κ2) is 4.13. The number of sulfone groups is 1. The third-order valence-electron chi connectivity index (χ3n) is 2.96. The molecule has 0 atom stereocenters. The Morgan fingerprint density at radius 3 is 2.50 bits per heavy atom. The Morgan fingerprint density at radius 1 is 1.33 bits per heavy atom. The van der Waals surface area contributed by atoms with Gasteiger partial charge in [0.05, 0.1) is 16.8 Å². The molecule has 0 saturated heterocycles. The van der Waals surface area contributed by atoms with Gasteiger partial charge >= 0.3 is 0 Å². The highest BCUT2D eigenvalue weighted by Gasteiger charge is 2.14. The van der Waals surface area contributed by atoms with Gasteiger partial charge in [-0.3, -0.25) is 4.68 Å². The maximum Gasteiger partial charge on any atom is 0.177 e. The summed E-state index contributed by atoms with van der Waals surface area (Å²) in [6, 6.07) is 5.00. The fraction of sp³-hybridized carbons (Fsp3) is 0.250. The summed E-state index contributed by atoms with van der Waals surface area (Å²) in [6.07, 6.45) is 2.87. The van der Waals surface area contributed by atoms with Crippen LogP contribution in [0, 0.1) is 6.92 Å². The number of aromatic nitrogens is 2. The number of benzene rings is 1. The van der Waals surface area contributed by atoms with Crippen LogP contribution in [0.15, 0.2) is 29.3 Å². The van der Waals surface area contributed by atoms with Crippen LogP contribution >= 0.6 is 0 Å². The average molecular weight is 265 g/mol. The van der Waals surface area contributed by atoms with Gasteiger partial charge in [-0.2, -0.15) is 5.10 Å². The van der Waals surface area contributed by atoms with Crippen molar-refractivity contribution in [3.05, 3.63) is 30.1 Å². The molecule has 0 unspecified atom stereocenters. The molecule has 6 heteroatoms. The molecule has 18 heavy (non-hydrogen) atoms. The monoisotopic (exact) mass is 265 g/mol. The van der Waals surface area contributed by atoms with Crippen LogP contribution in [-0.2, 0) is 16.9 Å². The second-order valence-corrected chi connectivity index (χ2v) is 6.28. The molecular weight excluding hydrogens is 250 g/mol. The van der Waals surface area contributed by atoms with E-state index < -0.39 is 9.84 Å². The van der Waals surface area contributed by atoms with Crippen LogP contribution in [0.1, 0.15) is 5.69 Å². The first-order valence-corrected chi connectivity index (χ1v) is 7.28. The molecule has 1 aromatic heterocycles. The molecule has 0 fully saturated rings. The van der Waals surface area contributed by atoms with Crippen LogP contribution in [0.25, 0.3) is 11.1 Å². The van der Waals surface area contributed by atoms with Crippen LogP contribution < -0.4 is 5.73 Å².